The zero-order valence-corrected chi connectivity index (χ0v) is 13.8. The molecule has 0 aliphatic carbocycles. The van der Waals surface area contributed by atoms with Crippen LogP contribution in [0.1, 0.15) is 6.42 Å². The molecule has 0 bridgehead atoms. The van der Waals surface area contributed by atoms with Gasteiger partial charge in [-0.25, -0.2) is 0 Å². The molecule has 126 valence electrons. The van der Waals surface area contributed by atoms with Crippen molar-refractivity contribution in [3.63, 3.8) is 0 Å². The molecule has 4 N–H and O–H groups in total. The molecule has 2 rings (SSSR count). The highest BCUT2D eigenvalue weighted by molar-refractivity contribution is 6.31. The second-order valence-electron chi connectivity index (χ2n) is 4.86. The lowest BCUT2D eigenvalue weighted by molar-refractivity contribution is -0.127. The molecule has 1 aliphatic rings. The second kappa shape index (κ2) is 8.71. The highest BCUT2D eigenvalue weighted by Gasteiger charge is 2.33. The maximum atomic E-state index is 12.3. The second-order valence-corrected chi connectivity index (χ2v) is 5.30. The maximum absolute atomic E-state index is 12.3. The minimum Gasteiger partial charge on any atom is -0.346 e. The highest BCUT2D eigenvalue weighted by Crippen LogP contribution is 2.24. The van der Waals surface area contributed by atoms with E-state index in [-0.39, 0.29) is 31.4 Å². The van der Waals surface area contributed by atoms with E-state index in [4.69, 9.17) is 17.3 Å². The lowest BCUT2D eigenvalue weighted by Gasteiger charge is -2.17. The standard InChI is InChI=1S/C14H17ClN4O3.ClH/c15-9-2-1-3-10(6-9)19-5-4-11(14(19)22)18-13(21)8-17-12(20)7-16;/h1-3,6,11H,4-5,7-8,16H2,(H,17,20)(H,18,21);1H. The van der Waals surface area contributed by atoms with Crippen molar-refractivity contribution in [1.82, 2.24) is 10.6 Å². The summed E-state index contributed by atoms with van der Waals surface area (Å²) in [5.74, 6) is -1.04. The van der Waals surface area contributed by atoms with Crippen LogP contribution in [0.2, 0.25) is 5.02 Å². The molecule has 1 heterocycles. The first-order valence-corrected chi connectivity index (χ1v) is 7.22. The van der Waals surface area contributed by atoms with Crippen LogP contribution in [0, 0.1) is 0 Å². The van der Waals surface area contributed by atoms with Crippen molar-refractivity contribution >= 4 is 47.4 Å². The minimum absolute atomic E-state index is 0. The summed E-state index contributed by atoms with van der Waals surface area (Å²) in [7, 11) is 0. The number of anilines is 1. The van der Waals surface area contributed by atoms with Crippen molar-refractivity contribution in [2.45, 2.75) is 12.5 Å². The Morgan fingerprint density at radius 2 is 2.09 bits per heavy atom. The van der Waals surface area contributed by atoms with E-state index in [9.17, 15) is 14.4 Å². The van der Waals surface area contributed by atoms with Crippen molar-refractivity contribution in [3.8, 4) is 0 Å². The van der Waals surface area contributed by atoms with Gasteiger partial charge in [-0.3, -0.25) is 14.4 Å². The van der Waals surface area contributed by atoms with Gasteiger partial charge >= 0.3 is 0 Å². The Labute approximate surface area is 144 Å². The van der Waals surface area contributed by atoms with Crippen LogP contribution in [-0.4, -0.2) is 43.4 Å². The average Bonchev–Trinajstić information content (AvgIpc) is 2.86. The van der Waals surface area contributed by atoms with Crippen LogP contribution in [0.25, 0.3) is 0 Å². The third kappa shape index (κ3) is 5.09. The Bertz CT molecular complexity index is 597. The summed E-state index contributed by atoms with van der Waals surface area (Å²) >= 11 is 5.92. The molecule has 1 atom stereocenters. The van der Waals surface area contributed by atoms with E-state index < -0.39 is 17.9 Å². The van der Waals surface area contributed by atoms with E-state index in [1.165, 1.54) is 0 Å². The van der Waals surface area contributed by atoms with Crippen molar-refractivity contribution < 1.29 is 14.4 Å². The van der Waals surface area contributed by atoms with E-state index >= 15 is 0 Å². The van der Waals surface area contributed by atoms with Crippen LogP contribution in [0.4, 0.5) is 5.69 Å². The normalized spacial score (nSPS) is 16.7. The van der Waals surface area contributed by atoms with Crippen LogP contribution in [-0.2, 0) is 14.4 Å². The molecule has 3 amide bonds. The molecule has 1 fully saturated rings. The quantitative estimate of drug-likeness (QED) is 0.690. The first-order chi connectivity index (χ1) is 10.5. The molecular formula is C14H18Cl2N4O3. The summed E-state index contributed by atoms with van der Waals surface area (Å²) in [6, 6.07) is 6.38. The van der Waals surface area contributed by atoms with Gasteiger partial charge in [-0.15, -0.1) is 12.4 Å². The van der Waals surface area contributed by atoms with E-state index in [0.717, 1.165) is 0 Å². The van der Waals surface area contributed by atoms with Crippen molar-refractivity contribution in [2.24, 2.45) is 5.73 Å². The zero-order chi connectivity index (χ0) is 16.1. The molecule has 0 radical (unpaired) electrons. The number of rotatable bonds is 5. The molecule has 9 heteroatoms. The maximum Gasteiger partial charge on any atom is 0.249 e. The zero-order valence-electron chi connectivity index (χ0n) is 12.3. The van der Waals surface area contributed by atoms with Gasteiger partial charge in [-0.2, -0.15) is 0 Å². The summed E-state index contributed by atoms with van der Waals surface area (Å²) in [6.07, 6.45) is 0.502. The molecule has 1 aromatic carbocycles. The Hall–Kier alpha value is -1.83. The Morgan fingerprint density at radius 1 is 1.35 bits per heavy atom. The summed E-state index contributed by atoms with van der Waals surface area (Å²) < 4.78 is 0. The van der Waals surface area contributed by atoms with Crippen LogP contribution in [0.3, 0.4) is 0 Å². The fraction of sp³-hybridized carbons (Fsp3) is 0.357. The summed E-state index contributed by atoms with van der Waals surface area (Å²) in [6.45, 7) is 0.119. The fourth-order valence-corrected chi connectivity index (χ4v) is 2.40. The molecule has 0 spiro atoms. The van der Waals surface area contributed by atoms with Crippen LogP contribution in [0.5, 0.6) is 0 Å². The van der Waals surface area contributed by atoms with Crippen molar-refractivity contribution in [1.29, 1.82) is 0 Å². The average molecular weight is 361 g/mol. The van der Waals surface area contributed by atoms with Crippen LogP contribution in [0.15, 0.2) is 24.3 Å². The number of carbonyl (C=O) groups is 3. The van der Waals surface area contributed by atoms with Gasteiger partial charge in [0, 0.05) is 17.3 Å². The SMILES string of the molecule is Cl.NCC(=O)NCC(=O)NC1CCN(c2cccc(Cl)c2)C1=O. The number of nitrogens with one attached hydrogen (secondary N) is 2. The van der Waals surface area contributed by atoms with Gasteiger partial charge in [0.15, 0.2) is 0 Å². The summed E-state index contributed by atoms with van der Waals surface area (Å²) in [4.78, 5) is 36.6. The fourth-order valence-electron chi connectivity index (χ4n) is 2.21. The third-order valence-electron chi connectivity index (χ3n) is 3.29. The Morgan fingerprint density at radius 3 is 2.74 bits per heavy atom. The number of nitrogens with two attached hydrogens (primary N) is 1. The molecule has 7 nitrogen and oxygen atoms in total. The van der Waals surface area contributed by atoms with Gasteiger partial charge in [-0.05, 0) is 24.6 Å². The first-order valence-electron chi connectivity index (χ1n) is 6.84. The molecule has 1 saturated heterocycles. The first kappa shape index (κ1) is 19.2. The number of hydrogen-bond donors (Lipinski definition) is 3. The van der Waals surface area contributed by atoms with E-state index in [1.54, 1.807) is 29.2 Å². The highest BCUT2D eigenvalue weighted by atomic mass is 35.5. The molecule has 1 aliphatic heterocycles. The largest absolute Gasteiger partial charge is 0.346 e. The summed E-state index contributed by atoms with van der Waals surface area (Å²) in [5.41, 5.74) is 5.82. The number of hydrogen-bond acceptors (Lipinski definition) is 4. The minimum atomic E-state index is -0.596. The van der Waals surface area contributed by atoms with Gasteiger partial charge < -0.3 is 21.3 Å². The monoisotopic (exact) mass is 360 g/mol. The number of halogens is 2. The predicted octanol–water partition coefficient (Wildman–Crippen LogP) is 0.0582. The van der Waals surface area contributed by atoms with E-state index in [0.29, 0.717) is 23.7 Å². The number of carbonyl (C=O) groups excluding carboxylic acids is 3. The Balaban J connectivity index is 0.00000264. The van der Waals surface area contributed by atoms with Gasteiger partial charge in [-0.1, -0.05) is 17.7 Å². The topological polar surface area (TPSA) is 105 Å². The number of benzene rings is 1. The Kier molecular flexibility index (Phi) is 7.28. The number of amides is 3. The van der Waals surface area contributed by atoms with E-state index in [2.05, 4.69) is 10.6 Å². The molecule has 23 heavy (non-hydrogen) atoms. The summed E-state index contributed by atoms with van der Waals surface area (Å²) in [5, 5.41) is 5.50. The van der Waals surface area contributed by atoms with Crippen molar-refractivity contribution in [2.75, 3.05) is 24.5 Å². The predicted molar refractivity (Wildman–Crippen MR) is 89.7 cm³/mol. The lowest BCUT2D eigenvalue weighted by atomic mass is 10.2. The molecule has 1 unspecified atom stereocenters. The lowest BCUT2D eigenvalue weighted by Crippen LogP contribution is -2.46. The van der Waals surface area contributed by atoms with Gasteiger partial charge in [0.2, 0.25) is 17.7 Å². The van der Waals surface area contributed by atoms with E-state index in [1.807, 2.05) is 0 Å². The molecule has 0 saturated carbocycles. The van der Waals surface area contributed by atoms with Gasteiger partial charge in [0.05, 0.1) is 13.1 Å². The third-order valence-corrected chi connectivity index (χ3v) is 3.53. The van der Waals surface area contributed by atoms with Crippen LogP contribution >= 0.6 is 24.0 Å². The number of nitrogens with zero attached hydrogens (tertiary/aromatic N) is 1. The van der Waals surface area contributed by atoms with Gasteiger partial charge in [0.25, 0.3) is 0 Å². The molecule has 0 aromatic heterocycles. The van der Waals surface area contributed by atoms with Gasteiger partial charge in [0.1, 0.15) is 6.04 Å². The molecule has 1 aromatic rings. The van der Waals surface area contributed by atoms with Crippen LogP contribution < -0.4 is 21.3 Å². The smallest absolute Gasteiger partial charge is 0.249 e. The van der Waals surface area contributed by atoms with Crippen molar-refractivity contribution in [3.05, 3.63) is 29.3 Å². The molecular weight excluding hydrogens is 343 g/mol.